The molecule has 0 spiro atoms. The summed E-state index contributed by atoms with van der Waals surface area (Å²) in [5, 5.41) is 14.1. The quantitative estimate of drug-likeness (QED) is 0.564. The maximum absolute atomic E-state index is 11.9. The van der Waals surface area contributed by atoms with E-state index in [1.54, 1.807) is 0 Å². The van der Waals surface area contributed by atoms with Gasteiger partial charge in [0.05, 0.1) is 0 Å². The molecule has 5 N–H and O–H groups in total. The molecule has 0 aromatic carbocycles. The first kappa shape index (κ1) is 19.2. The SMILES string of the molecule is CC(C)(C)CC(C)(C)NC(=O)N[C@@H](CCC(N)=O)C(=O)O. The molecule has 0 bridgehead atoms. The predicted octanol–water partition coefficient (Wildman–Crippen LogP) is 1.22. The number of carboxylic acid groups (broad SMARTS) is 1. The maximum Gasteiger partial charge on any atom is 0.326 e. The van der Waals surface area contributed by atoms with E-state index < -0.39 is 29.5 Å². The van der Waals surface area contributed by atoms with E-state index in [2.05, 4.69) is 31.4 Å². The number of hydrogen-bond donors (Lipinski definition) is 4. The average Bonchev–Trinajstić information content (AvgIpc) is 2.18. The normalized spacial score (nSPS) is 13.4. The van der Waals surface area contributed by atoms with Crippen molar-refractivity contribution in [2.45, 2.75) is 65.5 Å². The highest BCUT2D eigenvalue weighted by atomic mass is 16.4. The summed E-state index contributed by atoms with van der Waals surface area (Å²) in [5.41, 5.74) is 4.53. The van der Waals surface area contributed by atoms with Crippen LogP contribution in [0.15, 0.2) is 0 Å². The molecule has 21 heavy (non-hydrogen) atoms. The lowest BCUT2D eigenvalue weighted by Gasteiger charge is -2.33. The molecule has 0 saturated heterocycles. The largest absolute Gasteiger partial charge is 0.480 e. The first-order valence-corrected chi connectivity index (χ1v) is 6.92. The average molecular weight is 301 g/mol. The minimum absolute atomic E-state index is 0.0228. The van der Waals surface area contributed by atoms with Gasteiger partial charge in [0, 0.05) is 12.0 Å². The minimum Gasteiger partial charge on any atom is -0.480 e. The van der Waals surface area contributed by atoms with Crippen molar-refractivity contribution in [2.75, 3.05) is 0 Å². The number of carbonyl (C=O) groups is 3. The number of urea groups is 1. The van der Waals surface area contributed by atoms with Gasteiger partial charge in [-0.05, 0) is 32.1 Å². The maximum atomic E-state index is 11.9. The van der Waals surface area contributed by atoms with Gasteiger partial charge >= 0.3 is 12.0 Å². The van der Waals surface area contributed by atoms with Crippen LogP contribution < -0.4 is 16.4 Å². The molecule has 0 heterocycles. The molecule has 7 nitrogen and oxygen atoms in total. The number of nitrogens with two attached hydrogens (primary N) is 1. The van der Waals surface area contributed by atoms with Crippen molar-refractivity contribution in [1.29, 1.82) is 0 Å². The van der Waals surface area contributed by atoms with Crippen LogP contribution in [0.5, 0.6) is 0 Å². The monoisotopic (exact) mass is 301 g/mol. The molecule has 122 valence electrons. The highest BCUT2D eigenvalue weighted by molar-refractivity contribution is 5.83. The molecule has 0 aromatic heterocycles. The molecule has 0 aliphatic carbocycles. The number of aliphatic carboxylic acids is 1. The zero-order valence-corrected chi connectivity index (χ0v) is 13.4. The van der Waals surface area contributed by atoms with Gasteiger partial charge in [-0.1, -0.05) is 20.8 Å². The van der Waals surface area contributed by atoms with Gasteiger partial charge in [-0.25, -0.2) is 9.59 Å². The van der Waals surface area contributed by atoms with Crippen LogP contribution in [0.2, 0.25) is 0 Å². The molecular formula is C14H27N3O4. The van der Waals surface area contributed by atoms with Crippen molar-refractivity contribution in [3.63, 3.8) is 0 Å². The smallest absolute Gasteiger partial charge is 0.326 e. The Hall–Kier alpha value is -1.79. The second-order valence-electron chi connectivity index (χ2n) is 7.12. The zero-order chi connectivity index (χ0) is 16.8. The molecule has 0 radical (unpaired) electrons. The summed E-state index contributed by atoms with van der Waals surface area (Å²) in [6.07, 6.45) is 0.604. The van der Waals surface area contributed by atoms with Gasteiger partial charge in [0.2, 0.25) is 5.91 Å². The Morgan fingerprint density at radius 3 is 2.05 bits per heavy atom. The van der Waals surface area contributed by atoms with E-state index in [1.807, 2.05) is 13.8 Å². The summed E-state index contributed by atoms with van der Waals surface area (Å²) in [6, 6.07) is -1.70. The molecule has 0 aromatic rings. The van der Waals surface area contributed by atoms with Crippen molar-refractivity contribution in [3.05, 3.63) is 0 Å². The molecule has 0 aliphatic heterocycles. The molecule has 0 saturated carbocycles. The van der Waals surface area contributed by atoms with Crippen molar-refractivity contribution in [3.8, 4) is 0 Å². The molecule has 7 heteroatoms. The lowest BCUT2D eigenvalue weighted by atomic mass is 9.82. The van der Waals surface area contributed by atoms with Crippen LogP contribution in [-0.4, -0.2) is 34.6 Å². The Morgan fingerprint density at radius 1 is 1.14 bits per heavy atom. The fourth-order valence-electron chi connectivity index (χ4n) is 2.42. The van der Waals surface area contributed by atoms with Gasteiger partial charge in [-0.3, -0.25) is 4.79 Å². The number of hydrogen-bond acceptors (Lipinski definition) is 3. The topological polar surface area (TPSA) is 122 Å². The number of rotatable bonds is 7. The van der Waals surface area contributed by atoms with Gasteiger partial charge in [0.1, 0.15) is 6.04 Å². The standard InChI is InChI=1S/C14H27N3O4/c1-13(2,3)8-14(4,5)17-12(21)16-9(11(19)20)6-7-10(15)18/h9H,6-8H2,1-5H3,(H2,15,18)(H,19,20)(H2,16,17,21)/t9-/m0/s1. The van der Waals surface area contributed by atoms with Gasteiger partial charge in [-0.2, -0.15) is 0 Å². The Bertz CT molecular complexity index is 400. The molecule has 0 rings (SSSR count). The van der Waals surface area contributed by atoms with Gasteiger partial charge in [0.15, 0.2) is 0 Å². The molecule has 0 aliphatic rings. The third kappa shape index (κ3) is 9.70. The number of carbonyl (C=O) groups excluding carboxylic acids is 2. The molecular weight excluding hydrogens is 274 g/mol. The van der Waals surface area contributed by atoms with Crippen LogP contribution in [0.4, 0.5) is 4.79 Å². The van der Waals surface area contributed by atoms with E-state index >= 15 is 0 Å². The number of amides is 3. The number of primary amides is 1. The second kappa shape index (κ2) is 7.28. The van der Waals surface area contributed by atoms with Crippen LogP contribution in [0.1, 0.15) is 53.9 Å². The lowest BCUT2D eigenvalue weighted by molar-refractivity contribution is -0.139. The van der Waals surface area contributed by atoms with Crippen molar-refractivity contribution >= 4 is 17.9 Å². The fraction of sp³-hybridized carbons (Fsp3) is 0.786. The summed E-state index contributed by atoms with van der Waals surface area (Å²) in [4.78, 5) is 33.6. The van der Waals surface area contributed by atoms with Gasteiger partial charge < -0.3 is 21.5 Å². The summed E-state index contributed by atoms with van der Waals surface area (Å²) in [6.45, 7) is 9.91. The predicted molar refractivity (Wildman–Crippen MR) is 79.7 cm³/mol. The molecule has 1 atom stereocenters. The summed E-state index contributed by atoms with van der Waals surface area (Å²) in [5.74, 6) is -1.79. The molecule has 0 fully saturated rings. The Balaban J connectivity index is 4.56. The van der Waals surface area contributed by atoms with E-state index in [9.17, 15) is 14.4 Å². The Kier molecular flexibility index (Phi) is 6.66. The van der Waals surface area contributed by atoms with Crippen molar-refractivity contribution < 1.29 is 19.5 Å². The summed E-state index contributed by atoms with van der Waals surface area (Å²) >= 11 is 0. The van der Waals surface area contributed by atoms with Crippen molar-refractivity contribution in [2.24, 2.45) is 11.1 Å². The van der Waals surface area contributed by atoms with Gasteiger partial charge in [-0.15, -0.1) is 0 Å². The van der Waals surface area contributed by atoms with Crippen molar-refractivity contribution in [1.82, 2.24) is 10.6 Å². The summed E-state index contributed by atoms with van der Waals surface area (Å²) < 4.78 is 0. The molecule has 0 unspecified atom stereocenters. The first-order valence-electron chi connectivity index (χ1n) is 6.92. The van der Waals surface area contributed by atoms with Crippen LogP contribution >= 0.6 is 0 Å². The third-order valence-electron chi connectivity index (χ3n) is 2.71. The van der Waals surface area contributed by atoms with E-state index in [4.69, 9.17) is 10.8 Å². The van der Waals surface area contributed by atoms with E-state index in [-0.39, 0.29) is 18.3 Å². The van der Waals surface area contributed by atoms with Crippen LogP contribution in [0.3, 0.4) is 0 Å². The third-order valence-corrected chi connectivity index (χ3v) is 2.71. The second-order valence-corrected chi connectivity index (χ2v) is 7.12. The minimum atomic E-state index is -1.19. The lowest BCUT2D eigenvalue weighted by Crippen LogP contribution is -2.53. The Morgan fingerprint density at radius 2 is 1.67 bits per heavy atom. The van der Waals surface area contributed by atoms with Crippen LogP contribution in [-0.2, 0) is 9.59 Å². The summed E-state index contributed by atoms with van der Waals surface area (Å²) in [7, 11) is 0. The zero-order valence-electron chi connectivity index (χ0n) is 13.4. The number of carboxylic acids is 1. The van der Waals surface area contributed by atoms with E-state index in [0.29, 0.717) is 0 Å². The van der Waals surface area contributed by atoms with E-state index in [0.717, 1.165) is 6.42 Å². The highest BCUT2D eigenvalue weighted by Crippen LogP contribution is 2.26. The Labute approximate surface area is 125 Å². The van der Waals surface area contributed by atoms with Crippen LogP contribution in [0, 0.1) is 5.41 Å². The molecule has 3 amide bonds. The van der Waals surface area contributed by atoms with E-state index in [1.165, 1.54) is 0 Å². The fourth-order valence-corrected chi connectivity index (χ4v) is 2.42. The first-order chi connectivity index (χ1) is 9.32. The van der Waals surface area contributed by atoms with Gasteiger partial charge in [0.25, 0.3) is 0 Å². The van der Waals surface area contributed by atoms with Crippen LogP contribution in [0.25, 0.3) is 0 Å². The number of nitrogens with one attached hydrogen (secondary N) is 2. The highest BCUT2D eigenvalue weighted by Gasteiger charge is 2.28.